The normalized spacial score (nSPS) is 13.3. The molecule has 5 heteroatoms. The highest BCUT2D eigenvalue weighted by Gasteiger charge is 2.34. The Bertz CT molecular complexity index is 596. The predicted octanol–water partition coefficient (Wildman–Crippen LogP) is 5.97. The summed E-state index contributed by atoms with van der Waals surface area (Å²) in [6.07, 6.45) is 16.1. The second-order valence-corrected chi connectivity index (χ2v) is 8.22. The van der Waals surface area contributed by atoms with Gasteiger partial charge in [0.2, 0.25) is 0 Å². The molecule has 0 saturated carbocycles. The largest absolute Gasteiger partial charge is 0.359 e. The minimum atomic E-state index is -0.130. The van der Waals surface area contributed by atoms with E-state index in [0.29, 0.717) is 24.5 Å². The zero-order chi connectivity index (χ0) is 21.4. The van der Waals surface area contributed by atoms with Crippen molar-refractivity contribution in [3.05, 3.63) is 35.4 Å². The molecular weight excluding hydrogens is 378 g/mol. The topological polar surface area (TPSA) is 55.8 Å². The van der Waals surface area contributed by atoms with Gasteiger partial charge in [-0.3, -0.25) is 14.5 Å². The van der Waals surface area contributed by atoms with Gasteiger partial charge in [-0.15, -0.1) is 0 Å². The molecule has 2 rings (SSSR count). The van der Waals surface area contributed by atoms with Crippen LogP contribution < -0.4 is 0 Å². The fourth-order valence-corrected chi connectivity index (χ4v) is 4.00. The van der Waals surface area contributed by atoms with Crippen molar-refractivity contribution in [2.45, 2.75) is 83.5 Å². The van der Waals surface area contributed by atoms with Crippen molar-refractivity contribution in [3.63, 3.8) is 0 Å². The van der Waals surface area contributed by atoms with Crippen LogP contribution in [0.3, 0.4) is 0 Å². The third kappa shape index (κ3) is 8.57. The monoisotopic (exact) mass is 417 g/mol. The van der Waals surface area contributed by atoms with Gasteiger partial charge in [-0.25, -0.2) is 0 Å². The first-order chi connectivity index (χ1) is 14.8. The van der Waals surface area contributed by atoms with Crippen LogP contribution in [0.25, 0.3) is 0 Å². The number of benzene rings is 1. The first-order valence-corrected chi connectivity index (χ1v) is 11.8. The molecule has 1 aliphatic heterocycles. The number of imide groups is 1. The zero-order valence-electron chi connectivity index (χ0n) is 18.7. The van der Waals surface area contributed by atoms with Crippen molar-refractivity contribution in [1.82, 2.24) is 4.90 Å². The Kier molecular flexibility index (Phi) is 12.4. The molecule has 0 fully saturated rings. The molecule has 0 spiro atoms. The molecule has 168 valence electrons. The highest BCUT2D eigenvalue weighted by molar-refractivity contribution is 6.21. The minimum absolute atomic E-state index is 0.130. The Hall–Kier alpha value is -1.72. The number of carbonyl (C=O) groups excluding carboxylic acids is 2. The van der Waals surface area contributed by atoms with E-state index in [1.54, 1.807) is 19.2 Å². The summed E-state index contributed by atoms with van der Waals surface area (Å²) in [5.74, 6) is -0.259. The molecule has 0 radical (unpaired) electrons. The van der Waals surface area contributed by atoms with Crippen LogP contribution in [-0.2, 0) is 9.47 Å². The summed E-state index contributed by atoms with van der Waals surface area (Å²) in [4.78, 5) is 26.0. The number of hydrogen-bond donors (Lipinski definition) is 0. The standard InChI is InChI=1S/C25H39NO4/c1-29-21-30-20-16-12-10-8-6-4-2-3-5-7-9-11-15-19-26-24(27)22-17-13-14-18-23(22)25(26)28/h13-14,17-18H,2-12,15-16,19-21H2,1H3. The van der Waals surface area contributed by atoms with Crippen molar-refractivity contribution in [2.24, 2.45) is 0 Å². The van der Waals surface area contributed by atoms with E-state index in [1.807, 2.05) is 12.1 Å². The number of fused-ring (bicyclic) bond motifs is 1. The lowest BCUT2D eigenvalue weighted by molar-refractivity contribution is -0.0315. The molecule has 1 aromatic rings. The molecular formula is C25H39NO4. The molecule has 0 unspecified atom stereocenters. The first-order valence-electron chi connectivity index (χ1n) is 11.8. The highest BCUT2D eigenvalue weighted by Crippen LogP contribution is 2.23. The molecule has 5 nitrogen and oxygen atoms in total. The molecule has 1 aliphatic rings. The first kappa shape index (κ1) is 24.5. The summed E-state index contributed by atoms with van der Waals surface area (Å²) < 4.78 is 10.1. The van der Waals surface area contributed by atoms with Crippen LogP contribution in [0.1, 0.15) is 104 Å². The second-order valence-electron chi connectivity index (χ2n) is 8.22. The van der Waals surface area contributed by atoms with Gasteiger partial charge < -0.3 is 9.47 Å². The SMILES string of the molecule is COCOCCCCCCCCCCCCCCCN1C(=O)c2ccccc2C1=O. The molecule has 0 aliphatic carbocycles. The van der Waals surface area contributed by atoms with E-state index in [2.05, 4.69) is 0 Å². The maximum Gasteiger partial charge on any atom is 0.261 e. The minimum Gasteiger partial charge on any atom is -0.359 e. The lowest BCUT2D eigenvalue weighted by Crippen LogP contribution is -2.30. The van der Waals surface area contributed by atoms with Gasteiger partial charge in [0.15, 0.2) is 0 Å². The maximum atomic E-state index is 12.3. The van der Waals surface area contributed by atoms with Gasteiger partial charge in [0.05, 0.1) is 11.1 Å². The zero-order valence-corrected chi connectivity index (χ0v) is 18.7. The van der Waals surface area contributed by atoms with Gasteiger partial charge >= 0.3 is 0 Å². The number of ether oxygens (including phenoxy) is 2. The Morgan fingerprint density at radius 1 is 0.667 bits per heavy atom. The van der Waals surface area contributed by atoms with Gasteiger partial charge in [0.25, 0.3) is 11.8 Å². The summed E-state index contributed by atoms with van der Waals surface area (Å²) in [6.45, 7) is 1.77. The Balaban J connectivity index is 1.35. The van der Waals surface area contributed by atoms with Crippen molar-refractivity contribution in [1.29, 1.82) is 0 Å². The highest BCUT2D eigenvalue weighted by atomic mass is 16.7. The number of nitrogens with zero attached hydrogens (tertiary/aromatic N) is 1. The van der Waals surface area contributed by atoms with E-state index in [4.69, 9.17) is 9.47 Å². The van der Waals surface area contributed by atoms with E-state index < -0.39 is 0 Å². The quantitative estimate of drug-likeness (QED) is 0.168. The molecule has 0 bridgehead atoms. The Labute approximate surface area is 182 Å². The van der Waals surface area contributed by atoms with Gasteiger partial charge in [-0.05, 0) is 25.0 Å². The average Bonchev–Trinajstić information content (AvgIpc) is 3.01. The summed E-state index contributed by atoms with van der Waals surface area (Å²) in [5.41, 5.74) is 1.11. The van der Waals surface area contributed by atoms with Gasteiger partial charge in [-0.2, -0.15) is 0 Å². The van der Waals surface area contributed by atoms with Crippen molar-refractivity contribution in [3.8, 4) is 0 Å². The van der Waals surface area contributed by atoms with Crippen molar-refractivity contribution in [2.75, 3.05) is 27.1 Å². The maximum absolute atomic E-state index is 12.3. The number of hydrogen-bond acceptors (Lipinski definition) is 4. The molecule has 0 N–H and O–H groups in total. The smallest absolute Gasteiger partial charge is 0.261 e. The lowest BCUT2D eigenvalue weighted by atomic mass is 10.0. The van der Waals surface area contributed by atoms with Crippen LogP contribution in [0.4, 0.5) is 0 Å². The second kappa shape index (κ2) is 15.1. The summed E-state index contributed by atoms with van der Waals surface area (Å²) in [6, 6.07) is 7.12. The molecule has 2 amide bonds. The average molecular weight is 418 g/mol. The van der Waals surface area contributed by atoms with E-state index in [-0.39, 0.29) is 11.8 Å². The number of unbranched alkanes of at least 4 members (excludes halogenated alkanes) is 12. The summed E-state index contributed by atoms with van der Waals surface area (Å²) in [5, 5.41) is 0. The van der Waals surface area contributed by atoms with Crippen LogP contribution >= 0.6 is 0 Å². The van der Waals surface area contributed by atoms with Crippen LogP contribution in [-0.4, -0.2) is 43.8 Å². The number of rotatable bonds is 18. The molecule has 30 heavy (non-hydrogen) atoms. The molecule has 0 saturated heterocycles. The van der Waals surface area contributed by atoms with Crippen LogP contribution in [0.2, 0.25) is 0 Å². The van der Waals surface area contributed by atoms with Crippen LogP contribution in [0.5, 0.6) is 0 Å². The number of amides is 2. The Morgan fingerprint density at radius 3 is 1.57 bits per heavy atom. The third-order valence-corrected chi connectivity index (χ3v) is 5.75. The molecule has 0 atom stereocenters. The number of carbonyl (C=O) groups is 2. The fourth-order valence-electron chi connectivity index (χ4n) is 4.00. The van der Waals surface area contributed by atoms with Crippen LogP contribution in [0, 0.1) is 0 Å². The fraction of sp³-hybridized carbons (Fsp3) is 0.680. The van der Waals surface area contributed by atoms with E-state index >= 15 is 0 Å². The van der Waals surface area contributed by atoms with Gasteiger partial charge in [-0.1, -0.05) is 82.8 Å². The molecule has 1 aromatic carbocycles. The predicted molar refractivity (Wildman–Crippen MR) is 120 cm³/mol. The van der Waals surface area contributed by atoms with Crippen LogP contribution in [0.15, 0.2) is 24.3 Å². The van der Waals surface area contributed by atoms with E-state index in [1.165, 1.54) is 69.1 Å². The van der Waals surface area contributed by atoms with E-state index in [9.17, 15) is 9.59 Å². The van der Waals surface area contributed by atoms with Gasteiger partial charge in [0.1, 0.15) is 6.79 Å². The summed E-state index contributed by atoms with van der Waals surface area (Å²) in [7, 11) is 1.65. The molecule has 0 aromatic heterocycles. The van der Waals surface area contributed by atoms with Crippen molar-refractivity contribution < 1.29 is 19.1 Å². The third-order valence-electron chi connectivity index (χ3n) is 5.75. The molecule has 1 heterocycles. The van der Waals surface area contributed by atoms with Crippen molar-refractivity contribution >= 4 is 11.8 Å². The van der Waals surface area contributed by atoms with Gasteiger partial charge in [0, 0.05) is 20.3 Å². The number of methoxy groups -OCH3 is 1. The summed E-state index contributed by atoms with van der Waals surface area (Å²) >= 11 is 0. The van der Waals surface area contributed by atoms with E-state index in [0.717, 1.165) is 25.9 Å². The Morgan fingerprint density at radius 2 is 1.10 bits per heavy atom. The lowest BCUT2D eigenvalue weighted by Gasteiger charge is -2.13.